The first-order valence-electron chi connectivity index (χ1n) is 11.3. The van der Waals surface area contributed by atoms with Crippen LogP contribution in [0, 0.1) is 0 Å². The molecule has 36 heavy (non-hydrogen) atoms. The monoisotopic (exact) mass is 518 g/mol. The number of nitrogens with zero attached hydrogens (tertiary/aromatic N) is 1. The van der Waals surface area contributed by atoms with E-state index in [4.69, 9.17) is 28.0 Å². The van der Waals surface area contributed by atoms with Gasteiger partial charge in [-0.15, -0.1) is 0 Å². The molecule has 3 amide bonds. The van der Waals surface area contributed by atoms with Gasteiger partial charge < -0.3 is 54.2 Å². The Kier molecular flexibility index (Phi) is 15.4. The first kappa shape index (κ1) is 32.5. The van der Waals surface area contributed by atoms with Crippen molar-refractivity contribution in [2.75, 3.05) is 13.1 Å². The van der Waals surface area contributed by atoms with Crippen LogP contribution in [0.4, 0.5) is 0 Å². The number of aliphatic carboxylic acids is 2. The van der Waals surface area contributed by atoms with Crippen molar-refractivity contribution in [3.63, 3.8) is 0 Å². The molecule has 0 rings (SSSR count). The number of carbonyl (C=O) groups is 5. The van der Waals surface area contributed by atoms with Gasteiger partial charge in [0.1, 0.15) is 18.1 Å². The van der Waals surface area contributed by atoms with E-state index in [1.165, 1.54) is 6.92 Å². The number of aliphatic hydroxyl groups is 1. The summed E-state index contributed by atoms with van der Waals surface area (Å²) in [5, 5.41) is 35.1. The van der Waals surface area contributed by atoms with Crippen molar-refractivity contribution in [1.82, 2.24) is 16.0 Å². The van der Waals surface area contributed by atoms with Crippen LogP contribution in [0.2, 0.25) is 0 Å². The second kappa shape index (κ2) is 17.0. The number of amides is 3. The quantitative estimate of drug-likeness (QED) is 0.0470. The minimum Gasteiger partial charge on any atom is -0.481 e. The number of unbranched alkanes of at least 4 members (excludes halogenated alkanes) is 1. The summed E-state index contributed by atoms with van der Waals surface area (Å²) in [5.41, 5.74) is 21.6. The lowest BCUT2D eigenvalue weighted by molar-refractivity contribution is -0.144. The summed E-state index contributed by atoms with van der Waals surface area (Å²) in [6.07, 6.45) is -0.847. The molecule has 0 fully saturated rings. The number of aliphatic imine (C=N–C) groups is 1. The molecule has 16 heteroatoms. The third-order valence-electron chi connectivity index (χ3n) is 4.94. The van der Waals surface area contributed by atoms with Crippen molar-refractivity contribution in [3.05, 3.63) is 0 Å². The number of aliphatic hydroxyl groups excluding tert-OH is 1. The highest BCUT2D eigenvalue weighted by Crippen LogP contribution is 2.05. The van der Waals surface area contributed by atoms with Gasteiger partial charge in [0.05, 0.1) is 18.6 Å². The highest BCUT2D eigenvalue weighted by atomic mass is 16.4. The van der Waals surface area contributed by atoms with Crippen molar-refractivity contribution >= 4 is 35.6 Å². The van der Waals surface area contributed by atoms with Gasteiger partial charge in [0.25, 0.3) is 0 Å². The maximum Gasteiger partial charge on any atom is 0.326 e. The van der Waals surface area contributed by atoms with Gasteiger partial charge >= 0.3 is 11.9 Å². The fourth-order valence-corrected chi connectivity index (χ4v) is 2.98. The summed E-state index contributed by atoms with van der Waals surface area (Å²) in [7, 11) is 0. The Balaban J connectivity index is 5.30. The minimum atomic E-state index is -1.63. The van der Waals surface area contributed by atoms with Crippen LogP contribution < -0.4 is 38.9 Å². The van der Waals surface area contributed by atoms with E-state index in [9.17, 15) is 34.2 Å². The SMILES string of the molecule is CC(O)C(NC(=O)C(CC(=O)O)NC(=O)C(N)CCCN=C(N)N)C(=O)NC(CCCCN)C(=O)O. The summed E-state index contributed by atoms with van der Waals surface area (Å²) in [6, 6.07) is -5.67. The van der Waals surface area contributed by atoms with Crippen LogP contribution >= 0.6 is 0 Å². The van der Waals surface area contributed by atoms with Gasteiger partial charge in [-0.25, -0.2) is 4.79 Å². The normalized spacial score (nSPS) is 14.9. The average molecular weight is 519 g/mol. The molecular weight excluding hydrogens is 480 g/mol. The van der Waals surface area contributed by atoms with Crippen LogP contribution in [-0.4, -0.2) is 94.3 Å². The Labute approximate surface area is 208 Å². The van der Waals surface area contributed by atoms with Crippen molar-refractivity contribution < 1.29 is 39.3 Å². The van der Waals surface area contributed by atoms with E-state index in [1.54, 1.807) is 0 Å². The molecule has 0 heterocycles. The van der Waals surface area contributed by atoms with Gasteiger partial charge in [0.2, 0.25) is 17.7 Å². The smallest absolute Gasteiger partial charge is 0.326 e. The van der Waals surface area contributed by atoms with Crippen LogP contribution in [0.5, 0.6) is 0 Å². The van der Waals surface area contributed by atoms with E-state index in [0.29, 0.717) is 25.8 Å². The lowest BCUT2D eigenvalue weighted by Gasteiger charge is -2.26. The predicted octanol–water partition coefficient (Wildman–Crippen LogP) is -4.11. The lowest BCUT2D eigenvalue weighted by Crippen LogP contribution is -2.60. The lowest BCUT2D eigenvalue weighted by atomic mass is 10.1. The second-order valence-electron chi connectivity index (χ2n) is 8.13. The van der Waals surface area contributed by atoms with Gasteiger partial charge in [0, 0.05) is 6.54 Å². The fraction of sp³-hybridized carbons (Fsp3) is 0.700. The predicted molar refractivity (Wildman–Crippen MR) is 128 cm³/mol. The number of carboxylic acid groups (broad SMARTS) is 2. The Morgan fingerprint density at radius 2 is 1.47 bits per heavy atom. The van der Waals surface area contributed by atoms with Crippen LogP contribution in [0.25, 0.3) is 0 Å². The molecule has 16 nitrogen and oxygen atoms in total. The van der Waals surface area contributed by atoms with Gasteiger partial charge in [0.15, 0.2) is 5.96 Å². The molecule has 206 valence electrons. The van der Waals surface area contributed by atoms with E-state index in [-0.39, 0.29) is 25.3 Å². The number of carbonyl (C=O) groups excluding carboxylic acids is 3. The van der Waals surface area contributed by atoms with Crippen LogP contribution in [-0.2, 0) is 24.0 Å². The molecule has 0 aliphatic rings. The largest absolute Gasteiger partial charge is 0.481 e. The Hall–Kier alpha value is -3.50. The van der Waals surface area contributed by atoms with Crippen molar-refractivity contribution in [2.24, 2.45) is 27.9 Å². The highest BCUT2D eigenvalue weighted by Gasteiger charge is 2.33. The molecule has 0 aromatic rings. The Bertz CT molecular complexity index is 788. The van der Waals surface area contributed by atoms with Crippen LogP contribution in [0.15, 0.2) is 4.99 Å². The van der Waals surface area contributed by atoms with E-state index in [1.807, 2.05) is 0 Å². The molecule has 14 N–H and O–H groups in total. The topological polar surface area (TPSA) is 299 Å². The Morgan fingerprint density at radius 3 is 1.97 bits per heavy atom. The zero-order valence-corrected chi connectivity index (χ0v) is 20.2. The molecule has 0 aliphatic carbocycles. The average Bonchev–Trinajstić information content (AvgIpc) is 2.77. The van der Waals surface area contributed by atoms with Crippen LogP contribution in [0.3, 0.4) is 0 Å². The number of carboxylic acids is 2. The molecule has 0 bridgehead atoms. The minimum absolute atomic E-state index is 0.0670. The summed E-state index contributed by atoms with van der Waals surface area (Å²) in [4.78, 5) is 64.1. The second-order valence-corrected chi connectivity index (χ2v) is 8.13. The van der Waals surface area contributed by atoms with Gasteiger partial charge in [-0.2, -0.15) is 0 Å². The van der Waals surface area contributed by atoms with E-state index in [2.05, 4.69) is 20.9 Å². The maximum atomic E-state index is 12.7. The molecular formula is C20H38N8O8. The molecule has 0 saturated heterocycles. The van der Waals surface area contributed by atoms with Gasteiger partial charge in [-0.1, -0.05) is 0 Å². The summed E-state index contributed by atoms with van der Waals surface area (Å²) < 4.78 is 0. The number of nitrogens with two attached hydrogens (primary N) is 4. The molecule has 0 saturated carbocycles. The van der Waals surface area contributed by atoms with Crippen LogP contribution in [0.1, 0.15) is 45.4 Å². The van der Waals surface area contributed by atoms with Crippen molar-refractivity contribution in [2.45, 2.75) is 75.7 Å². The van der Waals surface area contributed by atoms with Gasteiger partial charge in [-0.3, -0.25) is 24.2 Å². The molecule has 5 atom stereocenters. The van der Waals surface area contributed by atoms with Crippen molar-refractivity contribution in [3.8, 4) is 0 Å². The third-order valence-corrected chi connectivity index (χ3v) is 4.94. The standard InChI is InChI=1S/C20H38N8O8/c1-10(29)15(18(34)26-12(19(35)36)6-2-3-7-21)28-17(33)13(9-14(30)31)27-16(32)11(22)5-4-8-25-20(23)24/h10-13,15,29H,2-9,21-22H2,1H3,(H,26,34)(H,27,32)(H,28,33)(H,30,31)(H,35,36)(H4,23,24,25). The number of rotatable bonds is 18. The van der Waals surface area contributed by atoms with Gasteiger partial charge in [-0.05, 0) is 45.6 Å². The number of guanidine groups is 1. The maximum absolute atomic E-state index is 12.7. The zero-order chi connectivity index (χ0) is 27.8. The molecule has 0 aromatic heterocycles. The summed E-state index contributed by atoms with van der Waals surface area (Å²) in [6.45, 7) is 1.71. The molecule has 5 unspecified atom stereocenters. The first-order chi connectivity index (χ1) is 16.8. The van der Waals surface area contributed by atoms with E-state index in [0.717, 1.165) is 0 Å². The van der Waals surface area contributed by atoms with E-state index >= 15 is 0 Å². The zero-order valence-electron chi connectivity index (χ0n) is 20.2. The summed E-state index contributed by atoms with van der Waals surface area (Å²) >= 11 is 0. The molecule has 0 aliphatic heterocycles. The fourth-order valence-electron chi connectivity index (χ4n) is 2.98. The first-order valence-corrected chi connectivity index (χ1v) is 11.3. The molecule has 0 radical (unpaired) electrons. The summed E-state index contributed by atoms with van der Waals surface area (Å²) in [5.74, 6) is -5.80. The Morgan fingerprint density at radius 1 is 0.861 bits per heavy atom. The molecule has 0 aromatic carbocycles. The highest BCUT2D eigenvalue weighted by molar-refractivity contribution is 5.95. The van der Waals surface area contributed by atoms with Crippen molar-refractivity contribution in [1.29, 1.82) is 0 Å². The number of hydrogen-bond acceptors (Lipinski definition) is 9. The van der Waals surface area contributed by atoms with E-state index < -0.39 is 66.4 Å². The third kappa shape index (κ3) is 13.4. The molecule has 0 spiro atoms. The number of nitrogens with one attached hydrogen (secondary N) is 3. The number of hydrogen-bond donors (Lipinski definition) is 10.